The van der Waals surface area contributed by atoms with E-state index in [1.807, 2.05) is 12.1 Å². The van der Waals surface area contributed by atoms with Gasteiger partial charge in [-0.2, -0.15) is 0 Å². The van der Waals surface area contributed by atoms with E-state index in [2.05, 4.69) is 9.97 Å². The van der Waals surface area contributed by atoms with E-state index in [1.165, 1.54) is 0 Å². The zero-order valence-electron chi connectivity index (χ0n) is 8.50. The van der Waals surface area contributed by atoms with Crippen LogP contribution in [0, 0.1) is 0 Å². The van der Waals surface area contributed by atoms with Crippen molar-refractivity contribution in [1.82, 2.24) is 9.97 Å². The third-order valence-corrected chi connectivity index (χ3v) is 2.16. The molecular formula is C12H10N2O2. The van der Waals surface area contributed by atoms with Gasteiger partial charge in [0.05, 0.1) is 12.1 Å². The highest BCUT2D eigenvalue weighted by atomic mass is 16.4. The molecule has 0 aromatic carbocycles. The standard InChI is InChI=1S/C12H10N2O2/c15-12(16)8-9-1-6-14-11(7-9)10-2-4-13-5-3-10/h1-7H,8H2,(H,15,16). The van der Waals surface area contributed by atoms with Gasteiger partial charge in [-0.25, -0.2) is 0 Å². The molecule has 0 aliphatic rings. The van der Waals surface area contributed by atoms with Gasteiger partial charge >= 0.3 is 5.97 Å². The van der Waals surface area contributed by atoms with Crippen LogP contribution in [0.5, 0.6) is 0 Å². The number of pyridine rings is 2. The maximum Gasteiger partial charge on any atom is 0.307 e. The van der Waals surface area contributed by atoms with E-state index in [-0.39, 0.29) is 6.42 Å². The van der Waals surface area contributed by atoms with Gasteiger partial charge in [-0.1, -0.05) is 0 Å². The highest BCUT2D eigenvalue weighted by molar-refractivity contribution is 5.71. The maximum atomic E-state index is 10.6. The summed E-state index contributed by atoms with van der Waals surface area (Å²) in [5, 5.41) is 8.70. The van der Waals surface area contributed by atoms with Crippen LogP contribution in [-0.4, -0.2) is 21.0 Å². The highest BCUT2D eigenvalue weighted by Gasteiger charge is 2.03. The summed E-state index contributed by atoms with van der Waals surface area (Å²) in [6.07, 6.45) is 5.00. The molecule has 2 heterocycles. The van der Waals surface area contributed by atoms with Gasteiger partial charge in [0.2, 0.25) is 0 Å². The summed E-state index contributed by atoms with van der Waals surface area (Å²) >= 11 is 0. The normalized spacial score (nSPS) is 10.0. The Kier molecular flexibility index (Phi) is 2.91. The fourth-order valence-electron chi connectivity index (χ4n) is 1.44. The van der Waals surface area contributed by atoms with Crippen molar-refractivity contribution < 1.29 is 9.90 Å². The lowest BCUT2D eigenvalue weighted by Crippen LogP contribution is -2.00. The van der Waals surface area contributed by atoms with Gasteiger partial charge in [0, 0.05) is 24.2 Å². The smallest absolute Gasteiger partial charge is 0.307 e. The van der Waals surface area contributed by atoms with Gasteiger partial charge in [-0.3, -0.25) is 14.8 Å². The van der Waals surface area contributed by atoms with Gasteiger partial charge in [0.1, 0.15) is 0 Å². The van der Waals surface area contributed by atoms with Crippen LogP contribution in [0.4, 0.5) is 0 Å². The zero-order chi connectivity index (χ0) is 11.4. The molecule has 0 atom stereocenters. The monoisotopic (exact) mass is 214 g/mol. The summed E-state index contributed by atoms with van der Waals surface area (Å²) in [4.78, 5) is 18.7. The van der Waals surface area contributed by atoms with E-state index < -0.39 is 5.97 Å². The Morgan fingerprint density at radius 3 is 2.62 bits per heavy atom. The molecule has 16 heavy (non-hydrogen) atoms. The Morgan fingerprint density at radius 1 is 1.19 bits per heavy atom. The molecule has 2 aromatic rings. The molecule has 2 aromatic heterocycles. The first-order valence-electron chi connectivity index (χ1n) is 4.83. The van der Waals surface area contributed by atoms with Crippen molar-refractivity contribution >= 4 is 5.97 Å². The fourth-order valence-corrected chi connectivity index (χ4v) is 1.44. The maximum absolute atomic E-state index is 10.6. The average molecular weight is 214 g/mol. The molecule has 0 aliphatic heterocycles. The number of carboxylic acids is 1. The van der Waals surface area contributed by atoms with Crippen molar-refractivity contribution in [3.63, 3.8) is 0 Å². The number of hydrogen-bond acceptors (Lipinski definition) is 3. The Hall–Kier alpha value is -2.23. The second kappa shape index (κ2) is 4.53. The number of nitrogens with zero attached hydrogens (tertiary/aromatic N) is 2. The number of aliphatic carboxylic acids is 1. The number of aromatic nitrogens is 2. The molecule has 0 amide bonds. The Labute approximate surface area is 92.6 Å². The lowest BCUT2D eigenvalue weighted by molar-refractivity contribution is -0.136. The molecular weight excluding hydrogens is 204 g/mol. The van der Waals surface area contributed by atoms with Gasteiger partial charge in [0.25, 0.3) is 0 Å². The van der Waals surface area contributed by atoms with Gasteiger partial charge in [-0.05, 0) is 29.8 Å². The largest absolute Gasteiger partial charge is 0.481 e. The van der Waals surface area contributed by atoms with Crippen molar-refractivity contribution in [3.8, 4) is 11.3 Å². The van der Waals surface area contributed by atoms with Crippen LogP contribution < -0.4 is 0 Å². The summed E-state index contributed by atoms with van der Waals surface area (Å²) in [7, 11) is 0. The number of rotatable bonds is 3. The SMILES string of the molecule is O=C(O)Cc1ccnc(-c2ccncc2)c1. The number of carbonyl (C=O) groups is 1. The van der Waals surface area contributed by atoms with E-state index in [4.69, 9.17) is 5.11 Å². The zero-order valence-corrected chi connectivity index (χ0v) is 8.50. The van der Waals surface area contributed by atoms with Crippen molar-refractivity contribution in [2.75, 3.05) is 0 Å². The summed E-state index contributed by atoms with van der Waals surface area (Å²) in [6, 6.07) is 7.17. The third-order valence-electron chi connectivity index (χ3n) is 2.16. The summed E-state index contributed by atoms with van der Waals surface area (Å²) in [5.74, 6) is -0.841. The molecule has 0 radical (unpaired) electrons. The lowest BCUT2D eigenvalue weighted by Gasteiger charge is -2.02. The van der Waals surface area contributed by atoms with E-state index in [0.29, 0.717) is 0 Å². The molecule has 1 N–H and O–H groups in total. The second-order valence-corrected chi connectivity index (χ2v) is 3.36. The first-order chi connectivity index (χ1) is 7.75. The summed E-state index contributed by atoms with van der Waals surface area (Å²) in [5.41, 5.74) is 2.44. The predicted octanol–water partition coefficient (Wildman–Crippen LogP) is 1.77. The van der Waals surface area contributed by atoms with Crippen LogP contribution in [0.1, 0.15) is 5.56 Å². The van der Waals surface area contributed by atoms with Gasteiger partial charge in [-0.15, -0.1) is 0 Å². The van der Waals surface area contributed by atoms with Crippen LogP contribution in [0.25, 0.3) is 11.3 Å². The first kappa shape index (κ1) is 10.3. The van der Waals surface area contributed by atoms with E-state index in [9.17, 15) is 4.79 Å². The molecule has 0 saturated carbocycles. The molecule has 0 saturated heterocycles. The van der Waals surface area contributed by atoms with Crippen molar-refractivity contribution in [2.45, 2.75) is 6.42 Å². The molecule has 0 aliphatic carbocycles. The van der Waals surface area contributed by atoms with Gasteiger partial charge < -0.3 is 5.11 Å². The Bertz CT molecular complexity index is 497. The average Bonchev–Trinajstić information content (AvgIpc) is 2.30. The van der Waals surface area contributed by atoms with Crippen LogP contribution in [0.2, 0.25) is 0 Å². The first-order valence-corrected chi connectivity index (χ1v) is 4.83. The lowest BCUT2D eigenvalue weighted by atomic mass is 10.1. The molecule has 0 bridgehead atoms. The quantitative estimate of drug-likeness (QED) is 0.845. The minimum absolute atomic E-state index is 0.0145. The molecule has 2 rings (SSSR count). The molecule has 0 unspecified atom stereocenters. The van der Waals surface area contributed by atoms with Gasteiger partial charge in [0.15, 0.2) is 0 Å². The van der Waals surface area contributed by atoms with Crippen molar-refractivity contribution in [3.05, 3.63) is 48.4 Å². The number of hydrogen-bond donors (Lipinski definition) is 1. The topological polar surface area (TPSA) is 63.1 Å². The van der Waals surface area contributed by atoms with E-state index in [1.54, 1.807) is 30.7 Å². The van der Waals surface area contributed by atoms with E-state index in [0.717, 1.165) is 16.8 Å². The predicted molar refractivity (Wildman–Crippen MR) is 58.8 cm³/mol. The Balaban J connectivity index is 2.33. The van der Waals surface area contributed by atoms with Crippen LogP contribution in [-0.2, 0) is 11.2 Å². The van der Waals surface area contributed by atoms with Crippen LogP contribution in [0.3, 0.4) is 0 Å². The van der Waals surface area contributed by atoms with Crippen molar-refractivity contribution in [1.29, 1.82) is 0 Å². The second-order valence-electron chi connectivity index (χ2n) is 3.36. The summed E-state index contributed by atoms with van der Waals surface area (Å²) < 4.78 is 0. The third kappa shape index (κ3) is 2.42. The highest BCUT2D eigenvalue weighted by Crippen LogP contribution is 2.16. The minimum Gasteiger partial charge on any atom is -0.481 e. The van der Waals surface area contributed by atoms with Crippen molar-refractivity contribution in [2.24, 2.45) is 0 Å². The molecule has 0 spiro atoms. The molecule has 4 heteroatoms. The summed E-state index contributed by atoms with van der Waals surface area (Å²) in [6.45, 7) is 0. The van der Waals surface area contributed by atoms with E-state index >= 15 is 0 Å². The molecule has 4 nitrogen and oxygen atoms in total. The van der Waals surface area contributed by atoms with Crippen LogP contribution >= 0.6 is 0 Å². The fraction of sp³-hybridized carbons (Fsp3) is 0.0833. The number of carboxylic acid groups (broad SMARTS) is 1. The Morgan fingerprint density at radius 2 is 1.94 bits per heavy atom. The molecule has 0 fully saturated rings. The molecule has 80 valence electrons. The van der Waals surface area contributed by atoms with Crippen LogP contribution in [0.15, 0.2) is 42.9 Å². The minimum atomic E-state index is -0.841.